The van der Waals surface area contributed by atoms with Gasteiger partial charge in [-0.05, 0) is 24.3 Å². The molecular weight excluding hydrogens is 299 g/mol. The van der Waals surface area contributed by atoms with Crippen LogP contribution in [0.5, 0.6) is 0 Å². The number of nitrogens with zero attached hydrogens (tertiary/aromatic N) is 4. The van der Waals surface area contributed by atoms with Crippen LogP contribution in [-0.4, -0.2) is 18.7 Å². The third-order valence-corrected chi connectivity index (χ3v) is 3.54. The summed E-state index contributed by atoms with van der Waals surface area (Å²) in [7, 11) is 2.98. The zero-order valence-electron chi connectivity index (χ0n) is 12.6. The number of hydrogen-bond acceptors (Lipinski definition) is 3. The number of aryl methyl sites for hydroxylation is 1. The molecule has 0 radical (unpaired) electrons. The maximum atomic E-state index is 12.8. The van der Waals surface area contributed by atoms with Gasteiger partial charge in [0.05, 0.1) is 12.9 Å². The first kappa shape index (κ1) is 14.8. The van der Waals surface area contributed by atoms with Crippen LogP contribution in [0.25, 0.3) is 11.2 Å². The van der Waals surface area contributed by atoms with Crippen molar-refractivity contribution >= 4 is 11.2 Å². The van der Waals surface area contributed by atoms with Gasteiger partial charge in [-0.2, -0.15) is 0 Å². The van der Waals surface area contributed by atoms with E-state index in [0.717, 1.165) is 4.57 Å². The van der Waals surface area contributed by atoms with Gasteiger partial charge in [0, 0.05) is 19.7 Å². The summed E-state index contributed by atoms with van der Waals surface area (Å²) in [6.45, 7) is 0.237. The summed E-state index contributed by atoms with van der Waals surface area (Å²) in [5.74, 6) is 5.48. The monoisotopic (exact) mass is 312 g/mol. The molecule has 0 aliphatic carbocycles. The number of halogens is 1. The fourth-order valence-electron chi connectivity index (χ4n) is 2.28. The fourth-order valence-corrected chi connectivity index (χ4v) is 2.28. The van der Waals surface area contributed by atoms with E-state index in [0.29, 0.717) is 16.7 Å². The van der Waals surface area contributed by atoms with E-state index in [4.69, 9.17) is 0 Å². The number of rotatable bonds is 1. The highest BCUT2D eigenvalue weighted by atomic mass is 19.1. The summed E-state index contributed by atoms with van der Waals surface area (Å²) < 4.78 is 16.8. The molecule has 0 N–H and O–H groups in total. The van der Waals surface area contributed by atoms with Crippen molar-refractivity contribution in [1.29, 1.82) is 0 Å². The first-order valence-electron chi connectivity index (χ1n) is 6.84. The quantitative estimate of drug-likeness (QED) is 0.619. The molecule has 0 aliphatic heterocycles. The van der Waals surface area contributed by atoms with Crippen molar-refractivity contribution in [3.05, 3.63) is 62.8 Å². The van der Waals surface area contributed by atoms with E-state index in [2.05, 4.69) is 16.8 Å². The molecule has 1 aromatic carbocycles. The second-order valence-corrected chi connectivity index (χ2v) is 5.06. The molecule has 116 valence electrons. The van der Waals surface area contributed by atoms with Gasteiger partial charge in [-0.15, -0.1) is 0 Å². The van der Waals surface area contributed by atoms with Gasteiger partial charge in [-0.1, -0.05) is 11.8 Å². The number of imidazole rings is 1. The molecule has 3 aromatic rings. The lowest BCUT2D eigenvalue weighted by molar-refractivity contribution is 0.627. The van der Waals surface area contributed by atoms with Crippen LogP contribution in [0.2, 0.25) is 0 Å². The standard InChI is InChI=1S/C16H13FN4O2/c1-19-14-13(15(22)20(2)16(19)23)21(10-18-14)9-3-4-11-5-7-12(17)8-6-11/h5-8,10H,9H2,1-2H3. The van der Waals surface area contributed by atoms with E-state index in [1.165, 1.54) is 30.1 Å². The van der Waals surface area contributed by atoms with Gasteiger partial charge in [0.25, 0.3) is 5.56 Å². The molecule has 2 heterocycles. The molecule has 0 bridgehead atoms. The summed E-state index contributed by atoms with van der Waals surface area (Å²) in [6.07, 6.45) is 1.48. The van der Waals surface area contributed by atoms with Crippen molar-refractivity contribution in [3.63, 3.8) is 0 Å². The highest BCUT2D eigenvalue weighted by Crippen LogP contribution is 2.05. The molecule has 23 heavy (non-hydrogen) atoms. The molecule has 0 saturated heterocycles. The second kappa shape index (κ2) is 5.57. The van der Waals surface area contributed by atoms with E-state index in [9.17, 15) is 14.0 Å². The van der Waals surface area contributed by atoms with E-state index in [1.807, 2.05) is 0 Å². The maximum Gasteiger partial charge on any atom is 0.332 e. The predicted octanol–water partition coefficient (Wildman–Crippen LogP) is 0.624. The Balaban J connectivity index is 2.01. The normalized spacial score (nSPS) is 10.6. The van der Waals surface area contributed by atoms with E-state index in [-0.39, 0.29) is 12.4 Å². The van der Waals surface area contributed by atoms with Gasteiger partial charge < -0.3 is 4.57 Å². The molecule has 6 nitrogen and oxygen atoms in total. The highest BCUT2D eigenvalue weighted by Gasteiger charge is 2.13. The highest BCUT2D eigenvalue weighted by molar-refractivity contribution is 5.70. The van der Waals surface area contributed by atoms with Crippen LogP contribution in [0.4, 0.5) is 4.39 Å². The minimum Gasteiger partial charge on any atom is -0.313 e. The molecule has 7 heteroatoms. The van der Waals surface area contributed by atoms with Crippen molar-refractivity contribution in [2.45, 2.75) is 6.54 Å². The van der Waals surface area contributed by atoms with Crippen LogP contribution in [0.15, 0.2) is 40.2 Å². The van der Waals surface area contributed by atoms with Crippen molar-refractivity contribution < 1.29 is 4.39 Å². The van der Waals surface area contributed by atoms with Crippen LogP contribution >= 0.6 is 0 Å². The van der Waals surface area contributed by atoms with E-state index >= 15 is 0 Å². The predicted molar refractivity (Wildman–Crippen MR) is 83.5 cm³/mol. The SMILES string of the molecule is Cn1c(=O)c2c(ncn2CC#Cc2ccc(F)cc2)n(C)c1=O. The Bertz CT molecular complexity index is 1060. The Kier molecular flexibility index (Phi) is 3.58. The lowest BCUT2D eigenvalue weighted by Crippen LogP contribution is -2.37. The van der Waals surface area contributed by atoms with Gasteiger partial charge in [0.2, 0.25) is 0 Å². The Morgan fingerprint density at radius 2 is 1.83 bits per heavy atom. The largest absolute Gasteiger partial charge is 0.332 e. The zero-order valence-corrected chi connectivity index (χ0v) is 12.6. The second-order valence-electron chi connectivity index (χ2n) is 5.06. The fraction of sp³-hybridized carbons (Fsp3) is 0.188. The average Bonchev–Trinajstić information content (AvgIpc) is 2.97. The lowest BCUT2D eigenvalue weighted by Gasteiger charge is -2.04. The number of aromatic nitrogens is 4. The summed E-state index contributed by atoms with van der Waals surface area (Å²) >= 11 is 0. The third-order valence-electron chi connectivity index (χ3n) is 3.54. The first-order valence-corrected chi connectivity index (χ1v) is 6.84. The Hall–Kier alpha value is -3.14. The summed E-state index contributed by atoms with van der Waals surface area (Å²) in [5.41, 5.74) is 0.482. The molecule has 0 aliphatic rings. The Morgan fingerprint density at radius 1 is 1.13 bits per heavy atom. The molecule has 0 saturated carbocycles. The molecule has 0 amide bonds. The van der Waals surface area contributed by atoms with Crippen LogP contribution in [0.1, 0.15) is 5.56 Å². The average molecular weight is 312 g/mol. The minimum atomic E-state index is -0.426. The minimum absolute atomic E-state index is 0.237. The molecule has 2 aromatic heterocycles. The number of hydrogen-bond donors (Lipinski definition) is 0. The van der Waals surface area contributed by atoms with Crippen LogP contribution < -0.4 is 11.2 Å². The summed E-state index contributed by atoms with van der Waals surface area (Å²) in [6, 6.07) is 5.83. The van der Waals surface area contributed by atoms with E-state index < -0.39 is 11.2 Å². The van der Waals surface area contributed by atoms with Crippen LogP contribution in [0, 0.1) is 17.7 Å². The van der Waals surface area contributed by atoms with Gasteiger partial charge in [0.1, 0.15) is 5.82 Å². The zero-order chi connectivity index (χ0) is 16.6. The van der Waals surface area contributed by atoms with E-state index in [1.54, 1.807) is 23.7 Å². The van der Waals surface area contributed by atoms with Crippen molar-refractivity contribution in [2.75, 3.05) is 0 Å². The van der Waals surface area contributed by atoms with Crippen molar-refractivity contribution in [1.82, 2.24) is 18.7 Å². The summed E-state index contributed by atoms with van der Waals surface area (Å²) in [4.78, 5) is 28.2. The Labute approximate surface area is 130 Å². The maximum absolute atomic E-state index is 12.8. The number of benzene rings is 1. The van der Waals surface area contributed by atoms with Gasteiger partial charge >= 0.3 is 5.69 Å². The van der Waals surface area contributed by atoms with Crippen molar-refractivity contribution in [3.8, 4) is 11.8 Å². The first-order chi connectivity index (χ1) is 11.0. The van der Waals surface area contributed by atoms with Gasteiger partial charge in [-0.25, -0.2) is 14.2 Å². The van der Waals surface area contributed by atoms with Crippen molar-refractivity contribution in [2.24, 2.45) is 14.1 Å². The van der Waals surface area contributed by atoms with Gasteiger partial charge in [0.15, 0.2) is 11.2 Å². The summed E-state index contributed by atoms with van der Waals surface area (Å²) in [5, 5.41) is 0. The smallest absolute Gasteiger partial charge is 0.313 e. The lowest BCUT2D eigenvalue weighted by atomic mass is 10.2. The third kappa shape index (κ3) is 2.55. The number of fused-ring (bicyclic) bond motifs is 1. The van der Waals surface area contributed by atoms with Crippen LogP contribution in [-0.2, 0) is 20.6 Å². The molecule has 0 fully saturated rings. The topological polar surface area (TPSA) is 61.8 Å². The molecular formula is C16H13FN4O2. The molecule has 0 unspecified atom stereocenters. The molecule has 3 rings (SSSR count). The van der Waals surface area contributed by atoms with Gasteiger partial charge in [-0.3, -0.25) is 13.9 Å². The van der Waals surface area contributed by atoms with Crippen LogP contribution in [0.3, 0.4) is 0 Å². The Morgan fingerprint density at radius 3 is 2.52 bits per heavy atom. The molecule has 0 atom stereocenters. The molecule has 0 spiro atoms.